The Morgan fingerprint density at radius 3 is 2.40 bits per heavy atom. The van der Waals surface area contributed by atoms with Gasteiger partial charge in [0, 0.05) is 16.6 Å². The number of nitrogens with one attached hydrogen (secondary N) is 1. The summed E-state index contributed by atoms with van der Waals surface area (Å²) in [4.78, 5) is 0. The standard InChI is InChI=1S/C17H25BrFN/c1-16(2,3)20-12-17(6-4-5-7-17)11-13-8-14(18)10-15(19)9-13/h8-10,20H,4-7,11-12H2,1-3H3. The van der Waals surface area contributed by atoms with Crippen molar-refractivity contribution in [2.45, 2.75) is 58.4 Å². The molecule has 3 heteroatoms. The number of rotatable bonds is 4. The summed E-state index contributed by atoms with van der Waals surface area (Å²) < 4.78 is 14.4. The highest BCUT2D eigenvalue weighted by molar-refractivity contribution is 9.10. The maximum Gasteiger partial charge on any atom is 0.124 e. The minimum Gasteiger partial charge on any atom is -0.312 e. The average Bonchev–Trinajstić information content (AvgIpc) is 2.73. The van der Waals surface area contributed by atoms with Crippen LogP contribution in [0.2, 0.25) is 0 Å². The summed E-state index contributed by atoms with van der Waals surface area (Å²) in [7, 11) is 0. The third-order valence-electron chi connectivity index (χ3n) is 4.16. The predicted octanol–water partition coefficient (Wildman–Crippen LogP) is 5.08. The highest BCUT2D eigenvalue weighted by Gasteiger charge is 2.34. The largest absolute Gasteiger partial charge is 0.312 e. The molecule has 1 nitrogen and oxygen atoms in total. The first kappa shape index (κ1) is 16.0. The smallest absolute Gasteiger partial charge is 0.124 e. The summed E-state index contributed by atoms with van der Waals surface area (Å²) in [5.41, 5.74) is 1.54. The van der Waals surface area contributed by atoms with Gasteiger partial charge in [-0.25, -0.2) is 4.39 Å². The lowest BCUT2D eigenvalue weighted by atomic mass is 9.79. The number of hydrogen-bond acceptors (Lipinski definition) is 1. The molecule has 1 aliphatic carbocycles. The van der Waals surface area contributed by atoms with Gasteiger partial charge >= 0.3 is 0 Å². The second kappa shape index (κ2) is 6.15. The van der Waals surface area contributed by atoms with Crippen molar-refractivity contribution in [3.05, 3.63) is 34.1 Å². The Bertz CT molecular complexity index is 438. The van der Waals surface area contributed by atoms with Gasteiger partial charge in [-0.05, 0) is 69.2 Å². The van der Waals surface area contributed by atoms with Crippen LogP contribution >= 0.6 is 15.9 Å². The van der Waals surface area contributed by atoms with Crippen molar-refractivity contribution < 1.29 is 4.39 Å². The Morgan fingerprint density at radius 1 is 1.20 bits per heavy atom. The van der Waals surface area contributed by atoms with Gasteiger partial charge in [-0.3, -0.25) is 0 Å². The molecule has 0 amide bonds. The third-order valence-corrected chi connectivity index (χ3v) is 4.62. The second-order valence-corrected chi connectivity index (χ2v) is 8.18. The van der Waals surface area contributed by atoms with Crippen molar-refractivity contribution in [1.82, 2.24) is 5.32 Å². The third kappa shape index (κ3) is 4.56. The van der Waals surface area contributed by atoms with E-state index in [1.807, 2.05) is 0 Å². The van der Waals surface area contributed by atoms with Crippen LogP contribution in [0.5, 0.6) is 0 Å². The van der Waals surface area contributed by atoms with Gasteiger partial charge in [0.1, 0.15) is 5.82 Å². The van der Waals surface area contributed by atoms with E-state index in [-0.39, 0.29) is 11.4 Å². The zero-order valence-corrected chi connectivity index (χ0v) is 14.3. The Balaban J connectivity index is 2.12. The molecule has 1 aliphatic rings. The minimum atomic E-state index is -0.147. The van der Waals surface area contributed by atoms with Gasteiger partial charge in [0.05, 0.1) is 0 Å². The fourth-order valence-corrected chi connectivity index (χ4v) is 3.65. The van der Waals surface area contributed by atoms with Gasteiger partial charge in [0.15, 0.2) is 0 Å². The molecule has 1 N–H and O–H groups in total. The number of benzene rings is 1. The molecule has 0 aromatic heterocycles. The van der Waals surface area contributed by atoms with Crippen molar-refractivity contribution in [3.8, 4) is 0 Å². The summed E-state index contributed by atoms with van der Waals surface area (Å²) in [6.07, 6.45) is 6.03. The molecular formula is C17H25BrFN. The van der Waals surface area contributed by atoms with Crippen LogP contribution < -0.4 is 5.32 Å². The predicted molar refractivity (Wildman–Crippen MR) is 86.5 cm³/mol. The highest BCUT2D eigenvalue weighted by atomic mass is 79.9. The van der Waals surface area contributed by atoms with E-state index in [2.05, 4.69) is 48.1 Å². The molecular weight excluding hydrogens is 317 g/mol. The van der Waals surface area contributed by atoms with Crippen LogP contribution in [-0.2, 0) is 6.42 Å². The summed E-state index contributed by atoms with van der Waals surface area (Å²) >= 11 is 3.40. The molecule has 112 valence electrons. The van der Waals surface area contributed by atoms with Crippen molar-refractivity contribution in [1.29, 1.82) is 0 Å². The zero-order valence-electron chi connectivity index (χ0n) is 12.7. The number of halogens is 2. The van der Waals surface area contributed by atoms with Crippen molar-refractivity contribution in [3.63, 3.8) is 0 Å². The monoisotopic (exact) mass is 341 g/mol. The zero-order chi connectivity index (χ0) is 14.8. The lowest BCUT2D eigenvalue weighted by Gasteiger charge is -2.33. The van der Waals surface area contributed by atoms with Crippen molar-refractivity contribution in [2.75, 3.05) is 6.54 Å². The van der Waals surface area contributed by atoms with Crippen LogP contribution in [0.25, 0.3) is 0 Å². The number of hydrogen-bond donors (Lipinski definition) is 1. The highest BCUT2D eigenvalue weighted by Crippen LogP contribution is 2.41. The first-order chi connectivity index (χ1) is 9.28. The fourth-order valence-electron chi connectivity index (χ4n) is 3.14. The SMILES string of the molecule is CC(C)(C)NCC1(Cc2cc(F)cc(Br)c2)CCCC1. The molecule has 0 aliphatic heterocycles. The van der Waals surface area contributed by atoms with Crippen LogP contribution in [0, 0.1) is 11.2 Å². The maximum absolute atomic E-state index is 13.6. The van der Waals surface area contributed by atoms with Gasteiger partial charge in [-0.2, -0.15) is 0 Å². The van der Waals surface area contributed by atoms with E-state index in [4.69, 9.17) is 0 Å². The molecule has 20 heavy (non-hydrogen) atoms. The topological polar surface area (TPSA) is 12.0 Å². The molecule has 0 unspecified atom stereocenters. The summed E-state index contributed by atoms with van der Waals surface area (Å²) in [6, 6.07) is 5.26. The Kier molecular flexibility index (Phi) is 4.91. The quantitative estimate of drug-likeness (QED) is 0.805. The summed E-state index contributed by atoms with van der Waals surface area (Å²) in [5, 5.41) is 3.65. The molecule has 1 fully saturated rings. The molecule has 1 aromatic rings. The molecule has 1 saturated carbocycles. The van der Waals surface area contributed by atoms with Crippen LogP contribution in [0.4, 0.5) is 4.39 Å². The lowest BCUT2D eigenvalue weighted by Crippen LogP contribution is -2.43. The first-order valence-electron chi connectivity index (χ1n) is 7.48. The summed E-state index contributed by atoms with van der Waals surface area (Å²) in [6.45, 7) is 7.63. The van der Waals surface area contributed by atoms with E-state index < -0.39 is 0 Å². The van der Waals surface area contributed by atoms with E-state index in [0.29, 0.717) is 5.41 Å². The van der Waals surface area contributed by atoms with Crippen LogP contribution in [0.15, 0.2) is 22.7 Å². The van der Waals surface area contributed by atoms with E-state index >= 15 is 0 Å². The van der Waals surface area contributed by atoms with Gasteiger partial charge in [-0.1, -0.05) is 28.8 Å². The molecule has 1 aromatic carbocycles. The molecule has 0 radical (unpaired) electrons. The Labute approximate surface area is 130 Å². The normalized spacial score (nSPS) is 18.4. The van der Waals surface area contributed by atoms with E-state index in [1.165, 1.54) is 31.7 Å². The van der Waals surface area contributed by atoms with E-state index in [0.717, 1.165) is 23.0 Å². The minimum absolute atomic E-state index is 0.137. The maximum atomic E-state index is 13.6. The van der Waals surface area contributed by atoms with Crippen LogP contribution in [-0.4, -0.2) is 12.1 Å². The Hall–Kier alpha value is -0.410. The van der Waals surface area contributed by atoms with Gasteiger partial charge in [0.25, 0.3) is 0 Å². The van der Waals surface area contributed by atoms with Crippen LogP contribution in [0.3, 0.4) is 0 Å². The molecule has 2 rings (SSSR count). The van der Waals surface area contributed by atoms with E-state index in [1.54, 1.807) is 6.07 Å². The fraction of sp³-hybridized carbons (Fsp3) is 0.647. The molecule has 0 bridgehead atoms. The lowest BCUT2D eigenvalue weighted by molar-refractivity contribution is 0.244. The van der Waals surface area contributed by atoms with Crippen LogP contribution in [0.1, 0.15) is 52.0 Å². The van der Waals surface area contributed by atoms with E-state index in [9.17, 15) is 4.39 Å². The van der Waals surface area contributed by atoms with Gasteiger partial charge in [-0.15, -0.1) is 0 Å². The van der Waals surface area contributed by atoms with Gasteiger partial charge in [0.2, 0.25) is 0 Å². The van der Waals surface area contributed by atoms with Crippen molar-refractivity contribution in [2.24, 2.45) is 5.41 Å². The summed E-state index contributed by atoms with van der Waals surface area (Å²) in [5.74, 6) is -0.147. The van der Waals surface area contributed by atoms with Crippen molar-refractivity contribution >= 4 is 15.9 Å². The molecule has 0 atom stereocenters. The molecule has 0 saturated heterocycles. The first-order valence-corrected chi connectivity index (χ1v) is 8.27. The second-order valence-electron chi connectivity index (χ2n) is 7.27. The Morgan fingerprint density at radius 2 is 1.85 bits per heavy atom. The average molecular weight is 342 g/mol. The van der Waals surface area contributed by atoms with Gasteiger partial charge < -0.3 is 5.32 Å². The molecule has 0 heterocycles. The molecule has 0 spiro atoms.